The highest BCUT2D eigenvalue weighted by Gasteiger charge is 2.59. The van der Waals surface area contributed by atoms with Crippen LogP contribution in [-0.4, -0.2) is 46.9 Å². The summed E-state index contributed by atoms with van der Waals surface area (Å²) in [5.41, 5.74) is -2.05. The Morgan fingerprint density at radius 3 is 2.42 bits per heavy atom. The molecule has 8 heteroatoms. The number of aliphatic hydroxyl groups excluding tert-OH is 1. The zero-order valence-corrected chi connectivity index (χ0v) is 22.6. The maximum Gasteiger partial charge on any atom is 0.379 e. The molecule has 8 atom stereocenters. The van der Waals surface area contributed by atoms with Gasteiger partial charge in [-0.05, 0) is 50.4 Å². The Hall–Kier alpha value is -2.61. The number of ether oxygens (including phenoxy) is 3. The third kappa shape index (κ3) is 4.19. The zero-order valence-electron chi connectivity index (χ0n) is 22.6. The number of carboxylic acids is 1. The summed E-state index contributed by atoms with van der Waals surface area (Å²) in [6, 6.07) is 0. The van der Waals surface area contributed by atoms with E-state index in [-0.39, 0.29) is 41.6 Å². The average molecular weight is 529 g/mol. The summed E-state index contributed by atoms with van der Waals surface area (Å²) in [5, 5.41) is 21.2. The van der Waals surface area contributed by atoms with Gasteiger partial charge in [0.1, 0.15) is 0 Å². The molecule has 3 aliphatic carbocycles. The van der Waals surface area contributed by atoms with Crippen molar-refractivity contribution in [1.29, 1.82) is 0 Å². The molecule has 0 radical (unpaired) electrons. The smallest absolute Gasteiger partial charge is 0.379 e. The third-order valence-electron chi connectivity index (χ3n) is 10.2. The second-order valence-electron chi connectivity index (χ2n) is 12.1. The summed E-state index contributed by atoms with van der Waals surface area (Å²) in [6.45, 7) is 3.70. The van der Waals surface area contributed by atoms with Gasteiger partial charge in [-0.25, -0.2) is 9.59 Å². The molecule has 0 aromatic rings. The number of esters is 2. The number of carboxylic acid groups (broad SMARTS) is 1. The Kier molecular flexibility index (Phi) is 7.22. The number of fused-ring (bicyclic) bond motifs is 3. The van der Waals surface area contributed by atoms with E-state index < -0.39 is 46.5 Å². The number of methoxy groups -OCH3 is 1. The van der Waals surface area contributed by atoms with Gasteiger partial charge in [0.2, 0.25) is 0 Å². The van der Waals surface area contributed by atoms with Crippen LogP contribution in [0.3, 0.4) is 0 Å². The Labute approximate surface area is 224 Å². The van der Waals surface area contributed by atoms with Crippen molar-refractivity contribution >= 4 is 17.9 Å². The zero-order chi connectivity index (χ0) is 27.2. The fourth-order valence-electron chi connectivity index (χ4n) is 8.00. The third-order valence-corrected chi connectivity index (χ3v) is 10.2. The van der Waals surface area contributed by atoms with E-state index >= 15 is 0 Å². The largest absolute Gasteiger partial charge is 0.505 e. The molecule has 2 bridgehead atoms. The lowest BCUT2D eigenvalue weighted by atomic mass is 9.55. The number of allylic oxidation sites excluding steroid dienone is 1. The molecule has 5 rings (SSSR count). The first-order chi connectivity index (χ1) is 18.1. The van der Waals surface area contributed by atoms with E-state index in [9.17, 15) is 24.6 Å². The van der Waals surface area contributed by atoms with Crippen molar-refractivity contribution in [2.24, 2.45) is 35.0 Å². The van der Waals surface area contributed by atoms with E-state index in [0.29, 0.717) is 6.42 Å². The van der Waals surface area contributed by atoms with Crippen molar-refractivity contribution in [1.82, 2.24) is 0 Å². The first-order valence-electron chi connectivity index (χ1n) is 14.2. The van der Waals surface area contributed by atoms with Crippen LogP contribution in [0, 0.1) is 35.0 Å². The van der Waals surface area contributed by atoms with Crippen LogP contribution in [0.4, 0.5) is 0 Å². The lowest BCUT2D eigenvalue weighted by molar-refractivity contribution is -0.169. The highest BCUT2D eigenvalue weighted by molar-refractivity contribution is 5.95. The van der Waals surface area contributed by atoms with E-state index in [2.05, 4.69) is 12.2 Å². The second-order valence-corrected chi connectivity index (χ2v) is 12.1. The van der Waals surface area contributed by atoms with E-state index in [4.69, 9.17) is 14.2 Å². The molecule has 38 heavy (non-hydrogen) atoms. The fraction of sp³-hybridized carbons (Fsp3) is 0.700. The topological polar surface area (TPSA) is 119 Å². The summed E-state index contributed by atoms with van der Waals surface area (Å²) < 4.78 is 17.5. The van der Waals surface area contributed by atoms with Gasteiger partial charge in [0.25, 0.3) is 5.76 Å². The molecule has 1 spiro atoms. The lowest BCUT2D eigenvalue weighted by Gasteiger charge is -2.50. The van der Waals surface area contributed by atoms with E-state index in [1.165, 1.54) is 0 Å². The molecule has 0 aromatic carbocycles. The summed E-state index contributed by atoms with van der Waals surface area (Å²) in [4.78, 5) is 39.2. The van der Waals surface area contributed by atoms with Gasteiger partial charge in [0.05, 0.1) is 11.5 Å². The number of hydrogen-bond donors (Lipinski definition) is 2. The number of carbonyl (C=O) groups excluding carboxylic acids is 2. The molecular weight excluding hydrogens is 488 g/mol. The minimum atomic E-state index is -1.42. The number of aliphatic hydroxyl groups is 1. The van der Waals surface area contributed by atoms with Crippen LogP contribution in [0.25, 0.3) is 0 Å². The highest BCUT2D eigenvalue weighted by atomic mass is 16.6. The molecule has 0 aromatic heterocycles. The van der Waals surface area contributed by atoms with Crippen molar-refractivity contribution in [3.05, 3.63) is 35.3 Å². The quantitative estimate of drug-likeness (QED) is 0.369. The van der Waals surface area contributed by atoms with Gasteiger partial charge in [0.15, 0.2) is 11.4 Å². The van der Waals surface area contributed by atoms with Crippen molar-refractivity contribution in [2.45, 2.75) is 89.8 Å². The summed E-state index contributed by atoms with van der Waals surface area (Å²) in [5.74, 6) is -4.16. The maximum atomic E-state index is 14.1. The molecule has 0 saturated heterocycles. The van der Waals surface area contributed by atoms with E-state index in [0.717, 1.165) is 51.4 Å². The van der Waals surface area contributed by atoms with Crippen molar-refractivity contribution in [3.63, 3.8) is 0 Å². The van der Waals surface area contributed by atoms with Crippen LogP contribution in [0.1, 0.15) is 78.1 Å². The standard InChI is InChI=1S/C30H40O8/c1-17-16-30-19(15-21(17)26(32)33)10-7-5-4-6-9-18-13-14-20-22(11-8-12-23(20)36-3)29(18,2)28(35)37-24(25(30)31)27(34)38-30/h13-15,17-20,22-23,31H,4-12,16H2,1-3H3,(H,32,33). The van der Waals surface area contributed by atoms with Crippen LogP contribution in [0.5, 0.6) is 0 Å². The van der Waals surface area contributed by atoms with Gasteiger partial charge in [-0.15, -0.1) is 0 Å². The Morgan fingerprint density at radius 2 is 1.74 bits per heavy atom. The van der Waals surface area contributed by atoms with Gasteiger partial charge in [-0.2, -0.15) is 0 Å². The van der Waals surface area contributed by atoms with Crippen LogP contribution in [0.15, 0.2) is 35.3 Å². The lowest BCUT2D eigenvalue weighted by Crippen LogP contribution is -2.52. The van der Waals surface area contributed by atoms with Crippen LogP contribution in [-0.2, 0) is 28.6 Å². The Bertz CT molecular complexity index is 1090. The minimum absolute atomic E-state index is 0.00533. The molecule has 2 heterocycles. The van der Waals surface area contributed by atoms with Crippen LogP contribution < -0.4 is 0 Å². The molecule has 8 nitrogen and oxygen atoms in total. The molecule has 0 amide bonds. The normalized spacial score (nSPS) is 41.6. The van der Waals surface area contributed by atoms with Gasteiger partial charge >= 0.3 is 17.9 Å². The van der Waals surface area contributed by atoms with Crippen molar-refractivity contribution in [3.8, 4) is 0 Å². The van der Waals surface area contributed by atoms with Crippen LogP contribution >= 0.6 is 0 Å². The van der Waals surface area contributed by atoms with Gasteiger partial charge in [-0.1, -0.05) is 57.3 Å². The Balaban J connectivity index is 1.56. The maximum absolute atomic E-state index is 14.1. The van der Waals surface area contributed by atoms with Crippen molar-refractivity contribution in [2.75, 3.05) is 7.11 Å². The summed E-state index contributed by atoms with van der Waals surface area (Å²) >= 11 is 0. The SMILES string of the molecule is COC1CCCC2C1C=CC1CCCCCCC3C=C(C(=O)O)C(C)CC34OC(=O)C(=C4O)OC(=O)C12C. The first-order valence-corrected chi connectivity index (χ1v) is 14.2. The van der Waals surface area contributed by atoms with E-state index in [1.807, 2.05) is 6.92 Å². The highest BCUT2D eigenvalue weighted by Crippen LogP contribution is 2.55. The molecule has 2 aliphatic heterocycles. The Morgan fingerprint density at radius 1 is 1.03 bits per heavy atom. The summed E-state index contributed by atoms with van der Waals surface area (Å²) in [6.07, 6.45) is 13.9. The van der Waals surface area contributed by atoms with Gasteiger partial charge in [-0.3, -0.25) is 4.79 Å². The van der Waals surface area contributed by atoms with Gasteiger partial charge < -0.3 is 24.4 Å². The molecule has 1 fully saturated rings. The number of hydrogen-bond acceptors (Lipinski definition) is 7. The van der Waals surface area contributed by atoms with Crippen molar-refractivity contribution < 1.29 is 38.8 Å². The molecule has 5 aliphatic rings. The fourth-order valence-corrected chi connectivity index (χ4v) is 8.00. The van der Waals surface area contributed by atoms with Crippen LogP contribution in [0.2, 0.25) is 0 Å². The minimum Gasteiger partial charge on any atom is -0.505 e. The summed E-state index contributed by atoms with van der Waals surface area (Å²) in [7, 11) is 1.71. The van der Waals surface area contributed by atoms with E-state index in [1.54, 1.807) is 20.1 Å². The molecular formula is C30H40O8. The predicted molar refractivity (Wildman–Crippen MR) is 138 cm³/mol. The molecule has 1 saturated carbocycles. The first kappa shape index (κ1) is 27.0. The molecule has 2 N–H and O–H groups in total. The molecule has 8 unspecified atom stereocenters. The average Bonchev–Trinajstić information content (AvgIpc) is 3.11. The van der Waals surface area contributed by atoms with Gasteiger partial charge in [0, 0.05) is 30.9 Å². The number of rotatable bonds is 2. The molecule has 208 valence electrons. The number of aliphatic carboxylic acids is 1. The number of carbonyl (C=O) groups is 3. The predicted octanol–water partition coefficient (Wildman–Crippen LogP) is 5.24. The second kappa shape index (κ2) is 10.2. The monoisotopic (exact) mass is 528 g/mol.